The van der Waals surface area contributed by atoms with E-state index in [0.717, 1.165) is 0 Å². The van der Waals surface area contributed by atoms with E-state index in [0.29, 0.717) is 20.4 Å². The van der Waals surface area contributed by atoms with Gasteiger partial charge in [0.2, 0.25) is 0 Å². The summed E-state index contributed by atoms with van der Waals surface area (Å²) in [5.41, 5.74) is 0. The van der Waals surface area contributed by atoms with E-state index < -0.39 is 22.5 Å². The van der Waals surface area contributed by atoms with Gasteiger partial charge >= 0.3 is 12.1 Å². The molecular weight excluding hydrogens is 413 g/mol. The van der Waals surface area contributed by atoms with Gasteiger partial charge in [0.1, 0.15) is 5.75 Å². The highest BCUT2D eigenvalue weighted by molar-refractivity contribution is 8.30. The first kappa shape index (κ1) is 21.8. The van der Waals surface area contributed by atoms with Crippen LogP contribution in [0.4, 0.5) is 13.2 Å². The second kappa shape index (κ2) is 8.83. The first-order valence-corrected chi connectivity index (χ1v) is 10.8. The number of benzene rings is 3. The van der Waals surface area contributed by atoms with Crippen molar-refractivity contribution in [3.05, 3.63) is 84.9 Å². The number of carbonyl (C=O) groups excluding carboxylic acids is 1. The van der Waals surface area contributed by atoms with Gasteiger partial charge in [0.15, 0.2) is 0 Å². The number of halogens is 3. The maximum absolute atomic E-state index is 13.3. The Hall–Kier alpha value is -2.93. The minimum absolute atomic E-state index is 0.0562. The van der Waals surface area contributed by atoms with Crippen molar-refractivity contribution in [2.45, 2.75) is 40.8 Å². The van der Waals surface area contributed by atoms with Gasteiger partial charge < -0.3 is 8.92 Å². The molecule has 0 amide bonds. The molecule has 0 spiro atoms. The SMILES string of the molecule is CC(C)Oc1ccc(S(OC(=O)C(F)(F)F)(c2ccccc2)c2ccccc2)cc1. The van der Waals surface area contributed by atoms with Crippen molar-refractivity contribution in [3.63, 3.8) is 0 Å². The maximum atomic E-state index is 13.3. The molecule has 0 fully saturated rings. The maximum Gasteiger partial charge on any atom is 0.491 e. The lowest BCUT2D eigenvalue weighted by Crippen LogP contribution is -2.27. The van der Waals surface area contributed by atoms with Gasteiger partial charge in [0.05, 0.1) is 6.10 Å². The zero-order chi connectivity index (χ0) is 21.8. The summed E-state index contributed by atoms with van der Waals surface area (Å²) in [6.07, 6.45) is -5.18. The van der Waals surface area contributed by atoms with E-state index in [2.05, 4.69) is 0 Å². The fraction of sp³-hybridized carbons (Fsp3) is 0.174. The summed E-state index contributed by atoms with van der Waals surface area (Å²) in [6, 6.07) is 23.7. The van der Waals surface area contributed by atoms with Crippen LogP contribution in [-0.4, -0.2) is 18.2 Å². The smallest absolute Gasteiger partial charge is 0.491 e. The molecule has 0 radical (unpaired) electrons. The molecule has 158 valence electrons. The molecule has 3 rings (SSSR count). The summed E-state index contributed by atoms with van der Waals surface area (Å²) in [6.45, 7) is 3.75. The van der Waals surface area contributed by atoms with Crippen LogP contribution in [0.1, 0.15) is 13.8 Å². The first-order chi connectivity index (χ1) is 14.2. The molecule has 7 heteroatoms. The molecule has 0 unspecified atom stereocenters. The van der Waals surface area contributed by atoms with Gasteiger partial charge in [-0.2, -0.15) is 13.2 Å². The summed E-state index contributed by atoms with van der Waals surface area (Å²) < 4.78 is 50.8. The summed E-state index contributed by atoms with van der Waals surface area (Å²) in [4.78, 5) is 13.5. The highest BCUT2D eigenvalue weighted by Crippen LogP contribution is 2.69. The molecule has 0 saturated heterocycles. The lowest BCUT2D eigenvalue weighted by molar-refractivity contribution is -0.188. The van der Waals surface area contributed by atoms with Crippen LogP contribution in [0.25, 0.3) is 0 Å². The van der Waals surface area contributed by atoms with Crippen LogP contribution in [0.3, 0.4) is 0 Å². The van der Waals surface area contributed by atoms with Crippen LogP contribution in [0.5, 0.6) is 5.75 Å². The predicted octanol–water partition coefficient (Wildman–Crippen LogP) is 6.78. The van der Waals surface area contributed by atoms with Crippen LogP contribution in [-0.2, 0) is 8.98 Å². The minimum atomic E-state index is -5.12. The zero-order valence-corrected chi connectivity index (χ0v) is 17.2. The van der Waals surface area contributed by atoms with Gasteiger partial charge in [0.25, 0.3) is 0 Å². The van der Waals surface area contributed by atoms with Gasteiger partial charge in [-0.25, -0.2) is 4.79 Å². The number of carbonyl (C=O) groups is 1. The van der Waals surface area contributed by atoms with Crippen molar-refractivity contribution in [2.75, 3.05) is 0 Å². The molecule has 0 N–H and O–H groups in total. The molecule has 0 aromatic heterocycles. The second-order valence-corrected chi connectivity index (χ2v) is 9.38. The quantitative estimate of drug-likeness (QED) is 0.429. The van der Waals surface area contributed by atoms with Gasteiger partial charge in [-0.05, 0) is 72.7 Å². The van der Waals surface area contributed by atoms with Crippen molar-refractivity contribution < 1.29 is 26.9 Å². The van der Waals surface area contributed by atoms with Gasteiger partial charge in [0, 0.05) is 14.7 Å². The molecule has 0 heterocycles. The fourth-order valence-electron chi connectivity index (χ4n) is 2.92. The molecule has 30 heavy (non-hydrogen) atoms. The highest BCUT2D eigenvalue weighted by Gasteiger charge is 2.47. The molecule has 0 aliphatic carbocycles. The van der Waals surface area contributed by atoms with Crippen molar-refractivity contribution in [3.8, 4) is 5.75 Å². The lowest BCUT2D eigenvalue weighted by atomic mass is 10.3. The lowest BCUT2D eigenvalue weighted by Gasteiger charge is -2.39. The molecular formula is C23H21F3O3S. The van der Waals surface area contributed by atoms with E-state index in [1.807, 2.05) is 13.8 Å². The highest BCUT2D eigenvalue weighted by atomic mass is 32.3. The third-order valence-electron chi connectivity index (χ3n) is 4.11. The average molecular weight is 434 g/mol. The monoisotopic (exact) mass is 434 g/mol. The molecule has 0 aliphatic heterocycles. The summed E-state index contributed by atoms with van der Waals surface area (Å²) in [7, 11) is -2.99. The van der Waals surface area contributed by atoms with E-state index in [4.69, 9.17) is 8.92 Å². The molecule has 3 aromatic rings. The average Bonchev–Trinajstić information content (AvgIpc) is 2.73. The molecule has 0 aliphatic rings. The Labute approximate surface area is 175 Å². The first-order valence-electron chi connectivity index (χ1n) is 9.24. The van der Waals surface area contributed by atoms with Crippen LogP contribution in [0.2, 0.25) is 0 Å². The number of hydrogen-bond donors (Lipinski definition) is 0. The Balaban J connectivity index is 2.24. The number of hydrogen-bond acceptors (Lipinski definition) is 3. The Kier molecular flexibility index (Phi) is 6.41. The Morgan fingerprint density at radius 2 is 1.20 bits per heavy atom. The second-order valence-electron chi connectivity index (χ2n) is 6.69. The summed E-state index contributed by atoms with van der Waals surface area (Å²) in [5, 5.41) is 0. The third kappa shape index (κ3) is 4.62. The molecule has 0 atom stereocenters. The van der Waals surface area contributed by atoms with Crippen LogP contribution >= 0.6 is 10.3 Å². The van der Waals surface area contributed by atoms with Crippen LogP contribution in [0, 0.1) is 0 Å². The largest absolute Gasteiger partial charge is 0.491 e. The normalized spacial score (nSPS) is 12.5. The molecule has 3 nitrogen and oxygen atoms in total. The Morgan fingerprint density at radius 3 is 1.60 bits per heavy atom. The van der Waals surface area contributed by atoms with Crippen molar-refractivity contribution in [2.24, 2.45) is 0 Å². The van der Waals surface area contributed by atoms with Gasteiger partial charge in [-0.1, -0.05) is 36.4 Å². The number of alkyl halides is 3. The van der Waals surface area contributed by atoms with E-state index in [-0.39, 0.29) is 6.10 Å². The van der Waals surface area contributed by atoms with E-state index >= 15 is 0 Å². The standard InChI is InChI=1S/C23H21F3O3S/c1-17(2)28-18-13-15-21(16-14-18)30(19-9-5-3-6-10-19,20-11-7-4-8-12-20)29-22(27)23(24,25)26/h3-17H,1-2H3. The van der Waals surface area contributed by atoms with Crippen LogP contribution < -0.4 is 4.74 Å². The van der Waals surface area contributed by atoms with Gasteiger partial charge in [-0.15, -0.1) is 0 Å². The predicted molar refractivity (Wildman–Crippen MR) is 110 cm³/mol. The Bertz CT molecular complexity index is 933. The summed E-state index contributed by atoms with van der Waals surface area (Å²) >= 11 is 0. The summed E-state index contributed by atoms with van der Waals surface area (Å²) in [5.74, 6) is -1.65. The van der Waals surface area contributed by atoms with Crippen molar-refractivity contribution in [1.29, 1.82) is 0 Å². The van der Waals surface area contributed by atoms with Crippen LogP contribution in [0.15, 0.2) is 99.6 Å². The van der Waals surface area contributed by atoms with Crippen molar-refractivity contribution in [1.82, 2.24) is 0 Å². The molecule has 0 bridgehead atoms. The molecule has 3 aromatic carbocycles. The van der Waals surface area contributed by atoms with Gasteiger partial charge in [-0.3, -0.25) is 0 Å². The Morgan fingerprint density at radius 1 is 0.767 bits per heavy atom. The fourth-order valence-corrected chi connectivity index (χ4v) is 5.95. The minimum Gasteiger partial charge on any atom is -0.491 e. The topological polar surface area (TPSA) is 35.5 Å². The van der Waals surface area contributed by atoms with Crippen molar-refractivity contribution >= 4 is 16.3 Å². The molecule has 0 saturated carbocycles. The zero-order valence-electron chi connectivity index (χ0n) is 16.4. The third-order valence-corrected chi connectivity index (χ3v) is 7.32. The van der Waals surface area contributed by atoms with E-state index in [9.17, 15) is 18.0 Å². The number of rotatable bonds is 6. The van der Waals surface area contributed by atoms with E-state index in [1.54, 1.807) is 84.9 Å². The number of ether oxygens (including phenoxy) is 1. The van der Waals surface area contributed by atoms with E-state index in [1.165, 1.54) is 0 Å².